The maximum absolute atomic E-state index is 12.5. The first kappa shape index (κ1) is 18.5. The third-order valence-electron chi connectivity index (χ3n) is 4.95. The minimum absolute atomic E-state index is 0.203. The number of amides is 1. The third kappa shape index (κ3) is 3.87. The number of halogens is 1. The molecule has 1 aliphatic rings. The van der Waals surface area contributed by atoms with E-state index in [0.717, 1.165) is 42.3 Å². The van der Waals surface area contributed by atoms with Gasteiger partial charge >= 0.3 is 5.69 Å². The van der Waals surface area contributed by atoms with Gasteiger partial charge in [0.2, 0.25) is 5.91 Å². The van der Waals surface area contributed by atoms with Crippen LogP contribution in [0, 0.1) is 5.92 Å². The van der Waals surface area contributed by atoms with Gasteiger partial charge in [0.1, 0.15) is 12.4 Å². The van der Waals surface area contributed by atoms with Gasteiger partial charge in [-0.05, 0) is 43.0 Å². The molecule has 0 atom stereocenters. The molecule has 1 fully saturated rings. The minimum Gasteiger partial charge on any atom is -0.356 e. The Balaban J connectivity index is 1.52. The second-order valence-electron chi connectivity index (χ2n) is 7.12. The van der Waals surface area contributed by atoms with Crippen LogP contribution < -0.4 is 15.9 Å². The molecule has 9 heteroatoms. The van der Waals surface area contributed by atoms with Gasteiger partial charge in [-0.3, -0.25) is 4.79 Å². The lowest BCUT2D eigenvalue weighted by Gasteiger charge is -2.30. The molecule has 1 aliphatic heterocycles. The van der Waals surface area contributed by atoms with Crippen molar-refractivity contribution in [3.63, 3.8) is 0 Å². The van der Waals surface area contributed by atoms with Crippen molar-refractivity contribution in [1.29, 1.82) is 0 Å². The lowest BCUT2D eigenvalue weighted by molar-refractivity contribution is -0.117. The summed E-state index contributed by atoms with van der Waals surface area (Å²) in [5.74, 6) is 1.45. The zero-order valence-electron chi connectivity index (χ0n) is 15.5. The van der Waals surface area contributed by atoms with Crippen molar-refractivity contribution in [3.05, 3.63) is 52.0 Å². The topological polar surface area (TPSA) is 84.5 Å². The summed E-state index contributed by atoms with van der Waals surface area (Å²) >= 11 is 5.92. The fourth-order valence-corrected chi connectivity index (χ4v) is 3.51. The second kappa shape index (κ2) is 7.63. The molecule has 0 spiro atoms. The highest BCUT2D eigenvalue weighted by molar-refractivity contribution is 6.30. The molecule has 1 N–H and O–H groups in total. The number of piperidine rings is 1. The van der Waals surface area contributed by atoms with E-state index in [-0.39, 0.29) is 18.2 Å². The summed E-state index contributed by atoms with van der Waals surface area (Å²) < 4.78 is 2.47. The number of anilines is 2. The molecule has 146 valence electrons. The van der Waals surface area contributed by atoms with E-state index in [1.165, 1.54) is 4.40 Å². The van der Waals surface area contributed by atoms with Crippen molar-refractivity contribution >= 4 is 34.8 Å². The molecular formula is C19H21ClN6O2. The maximum Gasteiger partial charge on any atom is 0.352 e. The van der Waals surface area contributed by atoms with Crippen LogP contribution in [-0.2, 0) is 11.3 Å². The van der Waals surface area contributed by atoms with E-state index in [9.17, 15) is 9.59 Å². The summed E-state index contributed by atoms with van der Waals surface area (Å²) in [7, 11) is 0. The molecule has 0 bridgehead atoms. The first-order valence-corrected chi connectivity index (χ1v) is 9.64. The summed E-state index contributed by atoms with van der Waals surface area (Å²) in [6, 6.07) is 8.64. The molecule has 0 unspecified atom stereocenters. The van der Waals surface area contributed by atoms with Crippen molar-refractivity contribution in [2.24, 2.45) is 5.92 Å². The van der Waals surface area contributed by atoms with Crippen LogP contribution in [0.15, 0.2) is 41.3 Å². The largest absolute Gasteiger partial charge is 0.356 e. The number of hydrogen-bond acceptors (Lipinski definition) is 5. The predicted octanol–water partition coefficient (Wildman–Crippen LogP) is 2.42. The van der Waals surface area contributed by atoms with E-state index in [1.54, 1.807) is 30.5 Å². The minimum atomic E-state index is -0.400. The van der Waals surface area contributed by atoms with Crippen molar-refractivity contribution in [2.45, 2.75) is 26.3 Å². The van der Waals surface area contributed by atoms with Gasteiger partial charge < -0.3 is 10.2 Å². The maximum atomic E-state index is 12.5. The number of hydrogen-bond donors (Lipinski definition) is 1. The Morgan fingerprint density at radius 3 is 2.82 bits per heavy atom. The number of nitrogens with zero attached hydrogens (tertiary/aromatic N) is 5. The highest BCUT2D eigenvalue weighted by atomic mass is 35.5. The van der Waals surface area contributed by atoms with Crippen LogP contribution in [0.4, 0.5) is 11.5 Å². The molecule has 0 saturated carbocycles. The summed E-state index contributed by atoms with van der Waals surface area (Å²) in [5.41, 5.74) is 0.164. The van der Waals surface area contributed by atoms with Crippen LogP contribution >= 0.6 is 11.6 Å². The normalized spacial score (nSPS) is 15.1. The summed E-state index contributed by atoms with van der Waals surface area (Å²) in [6.07, 6.45) is 3.91. The van der Waals surface area contributed by atoms with Gasteiger partial charge in [-0.1, -0.05) is 24.6 Å². The number of nitrogens with one attached hydrogen (secondary N) is 1. The summed E-state index contributed by atoms with van der Waals surface area (Å²) in [4.78, 5) is 31.5. The van der Waals surface area contributed by atoms with Crippen molar-refractivity contribution in [3.8, 4) is 0 Å². The molecule has 3 aromatic rings. The van der Waals surface area contributed by atoms with Gasteiger partial charge in [0.05, 0.1) is 0 Å². The van der Waals surface area contributed by atoms with E-state index in [2.05, 4.69) is 27.2 Å². The lowest BCUT2D eigenvalue weighted by atomic mass is 9.99. The molecule has 8 nitrogen and oxygen atoms in total. The van der Waals surface area contributed by atoms with Crippen molar-refractivity contribution < 1.29 is 4.79 Å². The van der Waals surface area contributed by atoms with Gasteiger partial charge in [0.15, 0.2) is 0 Å². The monoisotopic (exact) mass is 400 g/mol. The number of carbonyl (C=O) groups excluding carboxylic acids is 1. The predicted molar refractivity (Wildman–Crippen MR) is 108 cm³/mol. The molecular weight excluding hydrogens is 380 g/mol. The fraction of sp³-hybridized carbons (Fsp3) is 0.368. The van der Waals surface area contributed by atoms with Crippen LogP contribution in [0.1, 0.15) is 19.8 Å². The van der Waals surface area contributed by atoms with E-state index in [4.69, 9.17) is 11.6 Å². The highest BCUT2D eigenvalue weighted by Crippen LogP contribution is 2.21. The quantitative estimate of drug-likeness (QED) is 0.727. The van der Waals surface area contributed by atoms with Gasteiger partial charge in [0, 0.05) is 30.0 Å². The van der Waals surface area contributed by atoms with Crippen molar-refractivity contribution in [2.75, 3.05) is 23.3 Å². The molecule has 0 radical (unpaired) electrons. The van der Waals surface area contributed by atoms with Gasteiger partial charge in [-0.15, -0.1) is 5.10 Å². The number of benzene rings is 1. The fourth-order valence-electron chi connectivity index (χ4n) is 3.32. The summed E-state index contributed by atoms with van der Waals surface area (Å²) in [6.45, 7) is 3.93. The molecule has 4 rings (SSSR count). The molecule has 28 heavy (non-hydrogen) atoms. The Morgan fingerprint density at radius 2 is 2.07 bits per heavy atom. The van der Waals surface area contributed by atoms with Gasteiger partial charge in [0.25, 0.3) is 5.78 Å². The Kier molecular flexibility index (Phi) is 5.04. The number of aromatic nitrogens is 4. The van der Waals surface area contributed by atoms with Crippen LogP contribution in [0.25, 0.3) is 5.78 Å². The highest BCUT2D eigenvalue weighted by Gasteiger charge is 2.19. The van der Waals surface area contributed by atoms with Crippen molar-refractivity contribution in [1.82, 2.24) is 19.2 Å². The molecule has 1 amide bonds. The number of carbonyl (C=O) groups is 1. The molecule has 1 saturated heterocycles. The Labute approximate surface area is 166 Å². The second-order valence-corrected chi connectivity index (χ2v) is 7.56. The van der Waals surface area contributed by atoms with Gasteiger partial charge in [-0.2, -0.15) is 4.98 Å². The van der Waals surface area contributed by atoms with Crippen LogP contribution in [-0.4, -0.2) is 38.2 Å². The first-order valence-electron chi connectivity index (χ1n) is 9.26. The van der Waals surface area contributed by atoms with Crippen LogP contribution in [0.2, 0.25) is 5.02 Å². The Bertz CT molecular complexity index is 1070. The number of fused-ring (bicyclic) bond motifs is 1. The van der Waals surface area contributed by atoms with E-state index >= 15 is 0 Å². The standard InChI is InChI=1S/C19H21ClN6O2/c1-13-5-8-24(9-6-13)16-7-10-25-18(22-16)23-26(19(25)28)12-17(27)21-15-4-2-3-14(20)11-15/h2-4,7,10-11,13H,5-6,8-9,12H2,1H3,(H,21,27). The number of rotatable bonds is 4. The zero-order valence-corrected chi connectivity index (χ0v) is 16.3. The molecule has 2 aromatic heterocycles. The zero-order chi connectivity index (χ0) is 19.7. The average molecular weight is 401 g/mol. The van der Waals surface area contributed by atoms with Gasteiger partial charge in [-0.25, -0.2) is 13.9 Å². The van der Waals surface area contributed by atoms with Crippen LogP contribution in [0.5, 0.6) is 0 Å². The van der Waals surface area contributed by atoms with Crippen LogP contribution in [0.3, 0.4) is 0 Å². The third-order valence-corrected chi connectivity index (χ3v) is 5.18. The summed E-state index contributed by atoms with van der Waals surface area (Å²) in [5, 5.41) is 7.45. The lowest BCUT2D eigenvalue weighted by Crippen LogP contribution is -2.33. The smallest absolute Gasteiger partial charge is 0.352 e. The first-order chi connectivity index (χ1) is 13.5. The molecule has 1 aromatic carbocycles. The average Bonchev–Trinajstić information content (AvgIpc) is 2.97. The Morgan fingerprint density at radius 1 is 1.29 bits per heavy atom. The molecule has 3 heterocycles. The molecule has 0 aliphatic carbocycles. The van der Waals surface area contributed by atoms with E-state index < -0.39 is 5.69 Å². The SMILES string of the molecule is CC1CCN(c2ccn3c(=O)n(CC(=O)Nc4cccc(Cl)c4)nc3n2)CC1. The Hall–Kier alpha value is -2.87. The van der Waals surface area contributed by atoms with E-state index in [1.807, 2.05) is 6.07 Å². The van der Waals surface area contributed by atoms with E-state index in [0.29, 0.717) is 10.7 Å².